The van der Waals surface area contributed by atoms with Crippen LogP contribution < -0.4 is 20.9 Å². The second-order valence-electron chi connectivity index (χ2n) is 7.00. The summed E-state index contributed by atoms with van der Waals surface area (Å²) < 4.78 is 18.9. The molecule has 162 valence electrons. The number of carbonyl (C=O) groups is 1. The summed E-state index contributed by atoms with van der Waals surface area (Å²) in [4.78, 5) is 24.7. The molecule has 0 saturated heterocycles. The van der Waals surface area contributed by atoms with Crippen molar-refractivity contribution in [2.45, 2.75) is 6.42 Å². The van der Waals surface area contributed by atoms with Crippen LogP contribution in [0.15, 0.2) is 65.5 Å². The van der Waals surface area contributed by atoms with Gasteiger partial charge < -0.3 is 15.4 Å². The number of nitrogens with one attached hydrogen (secondary N) is 3. The Morgan fingerprint density at radius 2 is 1.84 bits per heavy atom. The second kappa shape index (κ2) is 9.07. The van der Waals surface area contributed by atoms with E-state index in [9.17, 15) is 14.0 Å². The monoisotopic (exact) mass is 452 g/mol. The van der Waals surface area contributed by atoms with Gasteiger partial charge in [-0.3, -0.25) is 4.79 Å². The SMILES string of the molecule is COc1cccc(NC(=O)Nc2ccc3c(Cc4ccc(Cl)c(F)c4)n[nH]c(=O)c3c2)c1. The van der Waals surface area contributed by atoms with E-state index in [0.717, 1.165) is 0 Å². The van der Waals surface area contributed by atoms with Gasteiger partial charge in [0.25, 0.3) is 5.56 Å². The highest BCUT2D eigenvalue weighted by Crippen LogP contribution is 2.23. The molecule has 0 aliphatic carbocycles. The molecule has 7 nitrogen and oxygen atoms in total. The number of ether oxygens (including phenoxy) is 1. The number of nitrogens with zero attached hydrogens (tertiary/aromatic N) is 1. The predicted molar refractivity (Wildman–Crippen MR) is 122 cm³/mol. The van der Waals surface area contributed by atoms with Gasteiger partial charge in [-0.15, -0.1) is 0 Å². The van der Waals surface area contributed by atoms with Crippen molar-refractivity contribution in [1.82, 2.24) is 10.2 Å². The zero-order chi connectivity index (χ0) is 22.7. The van der Waals surface area contributed by atoms with Gasteiger partial charge in [-0.05, 0) is 42.0 Å². The lowest BCUT2D eigenvalue weighted by Gasteiger charge is -2.10. The molecule has 0 aliphatic heterocycles. The van der Waals surface area contributed by atoms with E-state index in [2.05, 4.69) is 20.8 Å². The molecule has 3 N–H and O–H groups in total. The molecule has 2 amide bonds. The number of amides is 2. The van der Waals surface area contributed by atoms with Crippen molar-refractivity contribution >= 4 is 39.8 Å². The number of aromatic amines is 1. The molecule has 3 aromatic carbocycles. The Labute approximate surface area is 187 Å². The number of carbonyl (C=O) groups excluding carboxylic acids is 1. The van der Waals surface area contributed by atoms with E-state index in [-0.39, 0.29) is 5.02 Å². The van der Waals surface area contributed by atoms with Crippen LogP contribution in [-0.4, -0.2) is 23.3 Å². The van der Waals surface area contributed by atoms with Crippen molar-refractivity contribution in [3.8, 4) is 5.75 Å². The molecule has 0 bridgehead atoms. The molecule has 0 saturated carbocycles. The first-order valence-electron chi connectivity index (χ1n) is 9.60. The molecule has 1 heterocycles. The summed E-state index contributed by atoms with van der Waals surface area (Å²) in [6, 6.07) is 15.9. The van der Waals surface area contributed by atoms with E-state index in [4.69, 9.17) is 16.3 Å². The van der Waals surface area contributed by atoms with Crippen LogP contribution in [0, 0.1) is 5.82 Å². The molecule has 0 radical (unpaired) electrons. The number of urea groups is 1. The number of benzene rings is 3. The number of fused-ring (bicyclic) bond motifs is 1. The number of rotatable bonds is 5. The molecule has 32 heavy (non-hydrogen) atoms. The van der Waals surface area contributed by atoms with E-state index >= 15 is 0 Å². The maximum absolute atomic E-state index is 13.8. The summed E-state index contributed by atoms with van der Waals surface area (Å²) >= 11 is 5.74. The zero-order valence-corrected chi connectivity index (χ0v) is 17.7. The van der Waals surface area contributed by atoms with Crippen molar-refractivity contribution in [2.75, 3.05) is 17.7 Å². The summed E-state index contributed by atoms with van der Waals surface area (Å²) in [7, 11) is 1.54. The van der Waals surface area contributed by atoms with Crippen LogP contribution in [0.25, 0.3) is 10.8 Å². The third kappa shape index (κ3) is 4.70. The summed E-state index contributed by atoms with van der Waals surface area (Å²) in [6.45, 7) is 0. The maximum atomic E-state index is 13.8. The molecule has 0 spiro atoms. The third-order valence-corrected chi connectivity index (χ3v) is 5.12. The van der Waals surface area contributed by atoms with Crippen LogP contribution in [0.2, 0.25) is 5.02 Å². The minimum absolute atomic E-state index is 0.0379. The third-order valence-electron chi connectivity index (χ3n) is 4.81. The smallest absolute Gasteiger partial charge is 0.323 e. The molecular formula is C23H18ClFN4O3. The van der Waals surface area contributed by atoms with Crippen LogP contribution >= 0.6 is 11.6 Å². The molecule has 0 aliphatic rings. The fourth-order valence-corrected chi connectivity index (χ4v) is 3.39. The standard InChI is InChI=1S/C23H18ClFN4O3/c1-32-16-4-2-3-14(11-16)26-23(31)27-15-6-7-17-18(12-15)22(30)29-28-21(17)10-13-5-8-19(24)20(25)9-13/h2-9,11-12H,10H2,1H3,(H,29,30)(H2,26,27,31). The molecule has 1 aromatic heterocycles. The van der Waals surface area contributed by atoms with Gasteiger partial charge in [-0.2, -0.15) is 5.10 Å². The Morgan fingerprint density at radius 3 is 2.59 bits per heavy atom. The van der Waals surface area contributed by atoms with Crippen LogP contribution in [0.3, 0.4) is 0 Å². The Kier molecular flexibility index (Phi) is 6.04. The number of aromatic nitrogens is 2. The quantitative estimate of drug-likeness (QED) is 0.399. The van der Waals surface area contributed by atoms with Crippen molar-refractivity contribution < 1.29 is 13.9 Å². The Morgan fingerprint density at radius 1 is 1.06 bits per heavy atom. The normalized spacial score (nSPS) is 10.7. The molecule has 0 unspecified atom stereocenters. The molecular weight excluding hydrogens is 435 g/mol. The number of H-pyrrole nitrogens is 1. The van der Waals surface area contributed by atoms with Gasteiger partial charge in [0.05, 0.1) is 23.2 Å². The van der Waals surface area contributed by atoms with E-state index in [1.807, 2.05) is 0 Å². The zero-order valence-electron chi connectivity index (χ0n) is 16.9. The Balaban J connectivity index is 1.57. The first-order valence-corrected chi connectivity index (χ1v) is 9.98. The topological polar surface area (TPSA) is 96.1 Å². The molecule has 0 atom stereocenters. The lowest BCUT2D eigenvalue weighted by molar-refractivity contribution is 0.262. The van der Waals surface area contributed by atoms with Gasteiger partial charge in [0.15, 0.2) is 0 Å². The summed E-state index contributed by atoms with van der Waals surface area (Å²) in [5.74, 6) is 0.0899. The number of anilines is 2. The van der Waals surface area contributed by atoms with Gasteiger partial charge in [-0.1, -0.05) is 29.8 Å². The van der Waals surface area contributed by atoms with Crippen molar-refractivity contribution in [3.63, 3.8) is 0 Å². The number of methoxy groups -OCH3 is 1. The fraction of sp³-hybridized carbons (Fsp3) is 0.0870. The van der Waals surface area contributed by atoms with Gasteiger partial charge in [0.2, 0.25) is 0 Å². The van der Waals surface area contributed by atoms with Crippen LogP contribution in [0.1, 0.15) is 11.3 Å². The minimum atomic E-state index is -0.522. The highest BCUT2D eigenvalue weighted by atomic mass is 35.5. The minimum Gasteiger partial charge on any atom is -0.497 e. The maximum Gasteiger partial charge on any atom is 0.323 e. The van der Waals surface area contributed by atoms with E-state index in [0.29, 0.717) is 45.6 Å². The van der Waals surface area contributed by atoms with Crippen molar-refractivity contribution in [2.24, 2.45) is 0 Å². The van der Waals surface area contributed by atoms with Gasteiger partial charge >= 0.3 is 6.03 Å². The summed E-state index contributed by atoms with van der Waals surface area (Å²) in [5.41, 5.74) is 1.81. The van der Waals surface area contributed by atoms with Crippen LogP contribution in [0.5, 0.6) is 5.75 Å². The van der Waals surface area contributed by atoms with Gasteiger partial charge in [-0.25, -0.2) is 14.3 Å². The lowest BCUT2D eigenvalue weighted by Crippen LogP contribution is -2.20. The highest BCUT2D eigenvalue weighted by molar-refractivity contribution is 6.30. The summed E-state index contributed by atoms with van der Waals surface area (Å²) in [6.07, 6.45) is 0.296. The van der Waals surface area contributed by atoms with Crippen molar-refractivity contribution in [1.29, 1.82) is 0 Å². The first-order chi connectivity index (χ1) is 15.4. The number of hydrogen-bond donors (Lipinski definition) is 3. The fourth-order valence-electron chi connectivity index (χ4n) is 3.27. The number of halogens is 2. The first kappa shape index (κ1) is 21.3. The average molecular weight is 453 g/mol. The highest BCUT2D eigenvalue weighted by Gasteiger charge is 2.11. The largest absolute Gasteiger partial charge is 0.497 e. The molecule has 9 heteroatoms. The van der Waals surface area contributed by atoms with Gasteiger partial charge in [0.1, 0.15) is 11.6 Å². The lowest BCUT2D eigenvalue weighted by atomic mass is 10.0. The van der Waals surface area contributed by atoms with Gasteiger partial charge in [0, 0.05) is 29.2 Å². The summed E-state index contributed by atoms with van der Waals surface area (Å²) in [5, 5.41) is 13.0. The van der Waals surface area contributed by atoms with Crippen LogP contribution in [-0.2, 0) is 6.42 Å². The average Bonchev–Trinajstić information content (AvgIpc) is 2.78. The second-order valence-corrected chi connectivity index (χ2v) is 7.40. The molecule has 4 rings (SSSR count). The van der Waals surface area contributed by atoms with Crippen LogP contribution in [0.4, 0.5) is 20.6 Å². The van der Waals surface area contributed by atoms with E-state index in [1.54, 1.807) is 55.6 Å². The molecule has 4 aromatic rings. The van der Waals surface area contributed by atoms with Crippen molar-refractivity contribution in [3.05, 3.63) is 93.1 Å². The van der Waals surface area contributed by atoms with E-state index < -0.39 is 17.4 Å². The Bertz CT molecular complexity index is 1370. The number of hydrogen-bond acceptors (Lipinski definition) is 4. The predicted octanol–water partition coefficient (Wildman–Crippen LogP) is 4.96. The Hall–Kier alpha value is -3.91. The van der Waals surface area contributed by atoms with E-state index in [1.165, 1.54) is 12.1 Å². The molecule has 0 fully saturated rings.